The summed E-state index contributed by atoms with van der Waals surface area (Å²) in [5.74, 6) is 1.17. The first-order chi connectivity index (χ1) is 13.3. The summed E-state index contributed by atoms with van der Waals surface area (Å²) in [4.78, 5) is 13.1. The van der Waals surface area contributed by atoms with Gasteiger partial charge in [-0.05, 0) is 39.3 Å². The Bertz CT molecular complexity index is 961. The Morgan fingerprint density at radius 1 is 1.25 bits per heavy atom. The molecule has 0 spiro atoms. The van der Waals surface area contributed by atoms with E-state index in [4.69, 9.17) is 17.2 Å². The second kappa shape index (κ2) is 8.90. The van der Waals surface area contributed by atoms with Crippen molar-refractivity contribution in [2.45, 2.75) is 27.7 Å². The predicted molar refractivity (Wildman–Crippen MR) is 116 cm³/mol. The Kier molecular flexibility index (Phi) is 6.59. The van der Waals surface area contributed by atoms with Crippen LogP contribution in [0.3, 0.4) is 0 Å². The quantitative estimate of drug-likeness (QED) is 0.384. The molecule has 148 valence electrons. The monoisotopic (exact) mass is 381 g/mol. The van der Waals surface area contributed by atoms with Crippen LogP contribution in [0, 0.1) is 13.8 Å². The number of benzene rings is 1. The number of nitrogens with two attached hydrogens (primary N) is 3. The molecule has 0 fully saturated rings. The zero-order valence-electron chi connectivity index (χ0n) is 16.6. The largest absolute Gasteiger partial charge is 0.508 e. The molecule has 8 heteroatoms. The van der Waals surface area contributed by atoms with Crippen LogP contribution in [0.4, 0.5) is 17.2 Å². The number of pyridine rings is 1. The van der Waals surface area contributed by atoms with E-state index in [1.165, 1.54) is 6.20 Å². The van der Waals surface area contributed by atoms with E-state index in [0.717, 1.165) is 11.3 Å². The van der Waals surface area contributed by atoms with Gasteiger partial charge in [-0.15, -0.1) is 0 Å². The van der Waals surface area contributed by atoms with Crippen LogP contribution in [0.1, 0.15) is 30.5 Å². The highest BCUT2D eigenvalue weighted by molar-refractivity contribution is 6.04. The van der Waals surface area contributed by atoms with Crippen molar-refractivity contribution >= 4 is 28.9 Å². The van der Waals surface area contributed by atoms with E-state index in [-0.39, 0.29) is 17.4 Å². The van der Waals surface area contributed by atoms with Gasteiger partial charge in [0.05, 0.1) is 16.9 Å². The Morgan fingerprint density at radius 2 is 1.96 bits per heavy atom. The van der Waals surface area contributed by atoms with E-state index in [9.17, 15) is 5.11 Å². The molecule has 2 aromatic rings. The number of hydrogen-bond donors (Lipinski definition) is 5. The molecule has 0 saturated carbocycles. The maximum atomic E-state index is 9.96. The highest BCUT2D eigenvalue weighted by atomic mass is 16.3. The van der Waals surface area contributed by atoms with Gasteiger partial charge in [-0.1, -0.05) is 6.07 Å². The summed E-state index contributed by atoms with van der Waals surface area (Å²) in [6.45, 7) is 8.12. The van der Waals surface area contributed by atoms with E-state index >= 15 is 0 Å². The first kappa shape index (κ1) is 20.8. The highest BCUT2D eigenvalue weighted by Gasteiger charge is 2.12. The third-order valence-electron chi connectivity index (χ3n) is 4.26. The minimum absolute atomic E-state index is 0.172. The number of phenolic OH excluding ortho intramolecular Hbond substituents is 1. The number of anilines is 1. The molecule has 8 N–H and O–H groups in total. The SMILES string of the molecule is CCNc1cc(N=C(N)/C(C)=C\N)ncc1C(N)=Nc1c(C)ccc(O)c1C. The van der Waals surface area contributed by atoms with Gasteiger partial charge in [-0.2, -0.15) is 0 Å². The second-order valence-corrected chi connectivity index (χ2v) is 6.34. The highest BCUT2D eigenvalue weighted by Crippen LogP contribution is 2.31. The van der Waals surface area contributed by atoms with Crippen molar-refractivity contribution in [3.63, 3.8) is 0 Å². The van der Waals surface area contributed by atoms with Crippen LogP contribution in [0.15, 0.2) is 46.2 Å². The second-order valence-electron chi connectivity index (χ2n) is 6.34. The number of aromatic nitrogens is 1. The fraction of sp³-hybridized carbons (Fsp3) is 0.250. The smallest absolute Gasteiger partial charge is 0.156 e. The first-order valence-corrected chi connectivity index (χ1v) is 8.89. The fourth-order valence-electron chi connectivity index (χ4n) is 2.52. The molecule has 1 aromatic carbocycles. The fourth-order valence-corrected chi connectivity index (χ4v) is 2.52. The number of aryl methyl sites for hydroxylation is 1. The molecular weight excluding hydrogens is 354 g/mol. The van der Waals surface area contributed by atoms with E-state index in [1.54, 1.807) is 38.2 Å². The Morgan fingerprint density at radius 3 is 2.61 bits per heavy atom. The number of aromatic hydroxyl groups is 1. The summed E-state index contributed by atoms with van der Waals surface area (Å²) in [5, 5.41) is 13.2. The van der Waals surface area contributed by atoms with Gasteiger partial charge in [0, 0.05) is 36.1 Å². The number of nitrogens with zero attached hydrogens (tertiary/aromatic N) is 3. The van der Waals surface area contributed by atoms with Crippen LogP contribution in [0.25, 0.3) is 0 Å². The normalized spacial score (nSPS) is 12.9. The molecule has 28 heavy (non-hydrogen) atoms. The minimum atomic E-state index is 0.172. The Hall–Kier alpha value is -3.55. The van der Waals surface area contributed by atoms with Gasteiger partial charge in [0.2, 0.25) is 0 Å². The maximum Gasteiger partial charge on any atom is 0.156 e. The lowest BCUT2D eigenvalue weighted by molar-refractivity contribution is 0.471. The molecule has 2 rings (SSSR count). The minimum Gasteiger partial charge on any atom is -0.508 e. The van der Waals surface area contributed by atoms with Crippen LogP contribution in [0.5, 0.6) is 5.75 Å². The van der Waals surface area contributed by atoms with E-state index in [2.05, 4.69) is 20.3 Å². The summed E-state index contributed by atoms with van der Waals surface area (Å²) in [6, 6.07) is 5.19. The molecule has 0 atom stereocenters. The first-order valence-electron chi connectivity index (χ1n) is 8.89. The lowest BCUT2D eigenvalue weighted by atomic mass is 10.1. The van der Waals surface area contributed by atoms with Crippen LogP contribution in [0.2, 0.25) is 0 Å². The van der Waals surface area contributed by atoms with Gasteiger partial charge in [-0.3, -0.25) is 0 Å². The standard InChI is InChI=1S/C20H27N7O/c1-5-24-15-8-17(26-19(22)12(3)9-21)25-10-14(15)20(23)27-18-11(2)6-7-16(28)13(18)4/h6-10,28H,5,21H2,1-4H3,(H2,23,27)(H3,22,24,25,26)/b12-9-. The van der Waals surface area contributed by atoms with Gasteiger partial charge in [-0.25, -0.2) is 15.0 Å². The van der Waals surface area contributed by atoms with E-state index < -0.39 is 0 Å². The van der Waals surface area contributed by atoms with Crippen LogP contribution in [-0.4, -0.2) is 28.3 Å². The van der Waals surface area contributed by atoms with Crippen molar-refractivity contribution in [3.05, 3.63) is 52.9 Å². The summed E-state index contributed by atoms with van der Waals surface area (Å²) in [5.41, 5.74) is 21.9. The molecule has 0 aliphatic carbocycles. The number of phenols is 1. The van der Waals surface area contributed by atoms with Gasteiger partial charge in [0.15, 0.2) is 5.82 Å². The molecule has 1 aromatic heterocycles. The van der Waals surface area contributed by atoms with Crippen LogP contribution >= 0.6 is 0 Å². The van der Waals surface area contributed by atoms with Gasteiger partial charge < -0.3 is 27.6 Å². The Labute approximate surface area is 164 Å². The number of hydrogen-bond acceptors (Lipinski definition) is 6. The van der Waals surface area contributed by atoms with Gasteiger partial charge >= 0.3 is 0 Å². The third kappa shape index (κ3) is 4.59. The van der Waals surface area contributed by atoms with Gasteiger partial charge in [0.25, 0.3) is 0 Å². The van der Waals surface area contributed by atoms with Crippen LogP contribution < -0.4 is 22.5 Å². The summed E-state index contributed by atoms with van der Waals surface area (Å²) in [6.07, 6.45) is 2.99. The van der Waals surface area contributed by atoms with Gasteiger partial charge in [0.1, 0.15) is 17.4 Å². The molecule has 0 aliphatic heterocycles. The number of amidine groups is 2. The van der Waals surface area contributed by atoms with Crippen molar-refractivity contribution in [2.75, 3.05) is 11.9 Å². The number of aliphatic imine (C=N–C) groups is 2. The lowest BCUT2D eigenvalue weighted by Crippen LogP contribution is -2.17. The summed E-state index contributed by atoms with van der Waals surface area (Å²) in [7, 11) is 0. The number of rotatable bonds is 6. The zero-order chi connectivity index (χ0) is 20.8. The maximum absolute atomic E-state index is 9.96. The van der Waals surface area contributed by atoms with Crippen molar-refractivity contribution in [1.82, 2.24) is 4.98 Å². The molecule has 0 aliphatic rings. The topological polar surface area (TPSA) is 148 Å². The van der Waals surface area contributed by atoms with Crippen LogP contribution in [-0.2, 0) is 0 Å². The summed E-state index contributed by atoms with van der Waals surface area (Å²) >= 11 is 0. The van der Waals surface area contributed by atoms with Crippen molar-refractivity contribution in [3.8, 4) is 5.75 Å². The van der Waals surface area contributed by atoms with E-state index in [1.807, 2.05) is 13.8 Å². The number of nitrogens with one attached hydrogen (secondary N) is 1. The molecular formula is C20H27N7O. The molecule has 0 saturated heterocycles. The predicted octanol–water partition coefficient (Wildman–Crippen LogP) is 2.72. The molecule has 8 nitrogen and oxygen atoms in total. The lowest BCUT2D eigenvalue weighted by Gasteiger charge is -2.13. The average Bonchev–Trinajstić information content (AvgIpc) is 2.67. The average molecular weight is 381 g/mol. The van der Waals surface area contributed by atoms with Crippen molar-refractivity contribution < 1.29 is 5.11 Å². The molecule has 0 unspecified atom stereocenters. The molecule has 1 heterocycles. The third-order valence-corrected chi connectivity index (χ3v) is 4.26. The van der Waals surface area contributed by atoms with Crippen molar-refractivity contribution in [2.24, 2.45) is 27.2 Å². The zero-order valence-corrected chi connectivity index (χ0v) is 16.6. The van der Waals surface area contributed by atoms with E-state index in [0.29, 0.717) is 34.8 Å². The van der Waals surface area contributed by atoms with Crippen molar-refractivity contribution in [1.29, 1.82) is 0 Å². The molecule has 0 radical (unpaired) electrons. The molecule has 0 bridgehead atoms. The molecule has 0 amide bonds. The Balaban J connectivity index is 2.52. The summed E-state index contributed by atoms with van der Waals surface area (Å²) < 4.78 is 0.